The highest BCUT2D eigenvalue weighted by Gasteiger charge is 2.40. The number of rotatable bonds is 0. The molecule has 25 rings (SSSR count). The van der Waals surface area contributed by atoms with Crippen LogP contribution in [0.25, 0.3) is 109 Å². The second kappa shape index (κ2) is 31.8. The van der Waals surface area contributed by atoms with E-state index in [1.165, 1.54) is 190 Å². The molecule has 0 saturated heterocycles. The van der Waals surface area contributed by atoms with Gasteiger partial charge in [0.1, 0.15) is 0 Å². The third-order valence-corrected chi connectivity index (χ3v) is 23.2. The van der Waals surface area contributed by atoms with Crippen LogP contribution in [-0.4, -0.2) is 0 Å². The first kappa shape index (κ1) is 68.8. The van der Waals surface area contributed by atoms with Crippen LogP contribution in [0, 0.1) is 29.6 Å². The predicted octanol–water partition coefficient (Wildman–Crippen LogP) is 27.3. The van der Waals surface area contributed by atoms with Gasteiger partial charge in [-0.1, -0.05) is 395 Å². The molecule has 0 amide bonds. The van der Waals surface area contributed by atoms with Gasteiger partial charge in [0.2, 0.25) is 0 Å². The molecule has 0 heteroatoms. The van der Waals surface area contributed by atoms with Crippen LogP contribution in [0.5, 0.6) is 0 Å². The molecule has 5 unspecified atom stereocenters. The fourth-order valence-electron chi connectivity index (χ4n) is 17.8. The third-order valence-electron chi connectivity index (χ3n) is 23.2. The Labute approximate surface area is 645 Å². The maximum atomic E-state index is 2.41. The summed E-state index contributed by atoms with van der Waals surface area (Å²) in [6, 6.07) is 107. The molecule has 526 valence electrons. The molecule has 0 saturated carbocycles. The molecule has 0 spiro atoms. The molecule has 0 radical (unpaired) electrons. The molecule has 0 aromatic heterocycles. The normalized spacial score (nSPS) is 18.6. The molecule has 0 heterocycles. The lowest BCUT2D eigenvalue weighted by Gasteiger charge is -2.42. The van der Waals surface area contributed by atoms with Crippen molar-refractivity contribution in [3.8, 4) is 0 Å². The van der Waals surface area contributed by atoms with Crippen molar-refractivity contribution in [1.82, 2.24) is 0 Å². The minimum Gasteiger partial charge on any atom is -0.0836 e. The molecule has 15 aromatic carbocycles. The lowest BCUT2D eigenvalue weighted by molar-refractivity contribution is 0.364. The number of hydrogen-bond acceptors (Lipinski definition) is 0. The van der Waals surface area contributed by atoms with Gasteiger partial charge in [0, 0.05) is 23.7 Å². The fourth-order valence-corrected chi connectivity index (χ4v) is 17.8. The van der Waals surface area contributed by atoms with Gasteiger partial charge in [0.05, 0.1) is 0 Å². The van der Waals surface area contributed by atoms with Crippen molar-refractivity contribution in [3.63, 3.8) is 0 Å². The Morgan fingerprint density at radius 2 is 0.509 bits per heavy atom. The van der Waals surface area contributed by atoms with Gasteiger partial charge in [0.25, 0.3) is 0 Å². The van der Waals surface area contributed by atoms with Crippen molar-refractivity contribution in [2.45, 2.75) is 32.1 Å². The van der Waals surface area contributed by atoms with Crippen molar-refractivity contribution in [3.05, 3.63) is 479 Å². The van der Waals surface area contributed by atoms with E-state index in [9.17, 15) is 0 Å². The molecule has 15 aromatic rings. The summed E-state index contributed by atoms with van der Waals surface area (Å²) in [4.78, 5) is 0. The Bertz CT molecular complexity index is 5850. The highest BCUT2D eigenvalue weighted by atomic mass is 14.4. The first-order valence-corrected chi connectivity index (χ1v) is 39.3. The summed E-state index contributed by atoms with van der Waals surface area (Å²) < 4.78 is 0. The van der Waals surface area contributed by atoms with Crippen molar-refractivity contribution in [1.29, 1.82) is 0 Å². The number of aryl methyl sites for hydroxylation is 2. The number of allylic oxidation sites excluding steroid dienone is 26. The SMILES string of the molecule is C1=CC2=CC=C3C=CC=C4C=CC(=C1)C2C43.C1=CC2=CC=C3C=CCC4C=CC(=C1)C2C34.C1=c2ccccc2=CCC1.c1cc2c3c(c1)ccc1cccc(c13)CC2.c1ccc2cc3ccccc3cc2c1.c1ccc2cc3ccccc3cc2c1.c1ccc2cc3ccccc3cc2c1.c1ccc2ccccc2c1. The van der Waals surface area contributed by atoms with Crippen LogP contribution in [0.1, 0.15) is 30.4 Å². The van der Waals surface area contributed by atoms with Gasteiger partial charge in [-0.25, -0.2) is 0 Å². The fraction of sp³-hybridized carbons (Fsp3) is 0.0909. The van der Waals surface area contributed by atoms with Gasteiger partial charge < -0.3 is 0 Å². The average molecular weight is 1410 g/mol. The predicted molar refractivity (Wildman–Crippen MR) is 475 cm³/mol. The van der Waals surface area contributed by atoms with Crippen molar-refractivity contribution in [2.75, 3.05) is 0 Å². The number of benzene rings is 15. The van der Waals surface area contributed by atoms with Crippen molar-refractivity contribution in [2.24, 2.45) is 29.6 Å². The molecule has 0 N–H and O–H groups in total. The first-order valence-electron chi connectivity index (χ1n) is 39.3. The Balaban J connectivity index is 0.0000000887. The second-order valence-corrected chi connectivity index (χ2v) is 29.9. The smallest absolute Gasteiger partial charge is 0.0199 e. The van der Waals surface area contributed by atoms with Gasteiger partial charge in [-0.3, -0.25) is 0 Å². The van der Waals surface area contributed by atoms with Gasteiger partial charge in [-0.05, 0) is 232 Å². The molecule has 0 nitrogen and oxygen atoms in total. The lowest BCUT2D eigenvalue weighted by Crippen LogP contribution is -2.33. The zero-order valence-corrected chi connectivity index (χ0v) is 61.9. The Morgan fingerprint density at radius 3 is 0.864 bits per heavy atom. The minimum atomic E-state index is 0.561. The summed E-state index contributed by atoms with van der Waals surface area (Å²) in [6.45, 7) is 0. The van der Waals surface area contributed by atoms with Gasteiger partial charge in [-0.2, -0.15) is 0 Å². The van der Waals surface area contributed by atoms with E-state index in [0.29, 0.717) is 29.6 Å². The molecule has 5 atom stereocenters. The Morgan fingerprint density at radius 1 is 0.218 bits per heavy atom. The van der Waals surface area contributed by atoms with E-state index < -0.39 is 0 Å². The maximum Gasteiger partial charge on any atom is 0.0199 e. The topological polar surface area (TPSA) is 0 Å². The van der Waals surface area contributed by atoms with Crippen molar-refractivity contribution >= 4 is 109 Å². The van der Waals surface area contributed by atoms with Gasteiger partial charge in [0.15, 0.2) is 0 Å². The van der Waals surface area contributed by atoms with Gasteiger partial charge in [-0.15, -0.1) is 0 Å². The maximum absolute atomic E-state index is 2.41. The average Bonchev–Trinajstić information content (AvgIpc) is 0.757. The van der Waals surface area contributed by atoms with E-state index in [1.54, 1.807) is 0 Å². The molecule has 0 bridgehead atoms. The van der Waals surface area contributed by atoms with E-state index >= 15 is 0 Å². The third kappa shape index (κ3) is 14.7. The van der Waals surface area contributed by atoms with Crippen LogP contribution in [0.4, 0.5) is 0 Å². The lowest BCUT2D eigenvalue weighted by atomic mass is 9.61. The molecule has 10 aliphatic carbocycles. The van der Waals surface area contributed by atoms with E-state index in [2.05, 4.69) is 431 Å². The van der Waals surface area contributed by atoms with Crippen LogP contribution in [0.2, 0.25) is 0 Å². The zero-order chi connectivity index (χ0) is 73.4. The second-order valence-electron chi connectivity index (χ2n) is 29.9. The summed E-state index contributed by atoms with van der Waals surface area (Å²) in [5, 5.41) is 26.9. The molecule has 0 fully saturated rings. The standard InChI is InChI=1S/C16H14.2C16H12.3C14H10.C10H10.C10H8/c3*1-3-11-7-9-13-5-2-6-14-10-8-12(4-1)15(11)16(13)14;3*1-2-6-12-10-14-8-4-3-7-13(14)9-11(12)5-1;2*1-2-6-10-8-4-3-7-9(10)5-1/h1-5,7-10,14-16H,6H2;1-7,9H,8,10H2;1-10,15-16H;3*1-10H;1-2,5-8H,3-4H2;1-8H. The zero-order valence-electron chi connectivity index (χ0n) is 61.9. The highest BCUT2D eigenvalue weighted by Crippen LogP contribution is 2.51. The monoisotopic (exact) mass is 1410 g/mol. The molecular weight excluding hydrogens is 1320 g/mol. The van der Waals surface area contributed by atoms with Crippen LogP contribution in [0.3, 0.4) is 0 Å². The Hall–Kier alpha value is -13.0. The summed E-state index contributed by atoms with van der Waals surface area (Å²) >= 11 is 0. The number of fused-ring (bicyclic) bond motifs is 8. The quantitative estimate of drug-likeness (QED) is 0.105. The van der Waals surface area contributed by atoms with Crippen LogP contribution < -0.4 is 10.4 Å². The van der Waals surface area contributed by atoms with Crippen LogP contribution in [0.15, 0.2) is 458 Å². The van der Waals surface area contributed by atoms with E-state index in [0.717, 1.165) is 0 Å². The summed E-state index contributed by atoms with van der Waals surface area (Å²) in [6.07, 6.45) is 53.7. The molecule has 0 aliphatic heterocycles. The van der Waals surface area contributed by atoms with E-state index in [1.807, 2.05) is 0 Å². The largest absolute Gasteiger partial charge is 0.0836 e. The molecule has 110 heavy (non-hydrogen) atoms. The molecule has 10 aliphatic rings. The van der Waals surface area contributed by atoms with Crippen LogP contribution >= 0.6 is 0 Å². The minimum absolute atomic E-state index is 0.561. The summed E-state index contributed by atoms with van der Waals surface area (Å²) in [5.74, 6) is 3.17. The first-order chi connectivity index (χ1) is 54.5. The van der Waals surface area contributed by atoms with Gasteiger partial charge >= 0.3 is 0 Å². The molecular formula is C110H86. The van der Waals surface area contributed by atoms with E-state index in [-0.39, 0.29) is 0 Å². The number of hydrogen-bond donors (Lipinski definition) is 0. The van der Waals surface area contributed by atoms with Crippen molar-refractivity contribution < 1.29 is 0 Å². The van der Waals surface area contributed by atoms with Crippen LogP contribution in [-0.2, 0) is 12.8 Å². The summed E-state index contributed by atoms with van der Waals surface area (Å²) in [7, 11) is 0. The summed E-state index contributed by atoms with van der Waals surface area (Å²) in [5.41, 5.74) is 13.4. The highest BCUT2D eigenvalue weighted by molar-refractivity contribution is 6.11. The Kier molecular flexibility index (Phi) is 19.9. The van der Waals surface area contributed by atoms with E-state index in [4.69, 9.17) is 0 Å².